The molecule has 1 aromatic carbocycles. The van der Waals surface area contributed by atoms with Crippen molar-refractivity contribution in [2.24, 2.45) is 12.0 Å². The third kappa shape index (κ3) is 6.46. The molecule has 1 saturated carbocycles. The lowest BCUT2D eigenvalue weighted by molar-refractivity contribution is 0.409. The van der Waals surface area contributed by atoms with Crippen molar-refractivity contribution in [3.05, 3.63) is 47.5 Å². The van der Waals surface area contributed by atoms with Crippen LogP contribution in [0.2, 0.25) is 0 Å². The van der Waals surface area contributed by atoms with Crippen LogP contribution in [-0.2, 0) is 13.6 Å². The maximum absolute atomic E-state index is 4.80. The number of aromatic nitrogens is 3. The highest BCUT2D eigenvalue weighted by Crippen LogP contribution is 2.17. The van der Waals surface area contributed by atoms with Gasteiger partial charge in [0.25, 0.3) is 0 Å². The van der Waals surface area contributed by atoms with Crippen molar-refractivity contribution in [3.8, 4) is 0 Å². The van der Waals surface area contributed by atoms with Crippen LogP contribution in [0.25, 0.3) is 0 Å². The van der Waals surface area contributed by atoms with Gasteiger partial charge in [-0.25, -0.2) is 4.99 Å². The summed E-state index contributed by atoms with van der Waals surface area (Å²) < 4.78 is 1.99. The van der Waals surface area contributed by atoms with Gasteiger partial charge >= 0.3 is 0 Å². The fraction of sp³-hybridized carbons (Fsp3) is 0.571. The molecule has 0 bridgehead atoms. The first-order valence-electron chi connectivity index (χ1n) is 10.1. The molecule has 1 aliphatic carbocycles. The van der Waals surface area contributed by atoms with Crippen molar-refractivity contribution in [2.75, 3.05) is 6.54 Å². The predicted molar refractivity (Wildman–Crippen MR) is 125 cm³/mol. The van der Waals surface area contributed by atoms with Gasteiger partial charge in [0.2, 0.25) is 0 Å². The van der Waals surface area contributed by atoms with E-state index in [4.69, 9.17) is 4.99 Å². The molecule has 1 aliphatic rings. The Bertz CT molecular complexity index is 737. The normalized spacial score (nSPS) is 16.3. The maximum atomic E-state index is 4.80. The number of aryl methyl sites for hydroxylation is 1. The molecule has 0 aliphatic heterocycles. The van der Waals surface area contributed by atoms with Gasteiger partial charge < -0.3 is 15.2 Å². The first-order valence-corrected chi connectivity index (χ1v) is 10.1. The average molecular weight is 496 g/mol. The molecule has 2 N–H and O–H groups in total. The molecule has 28 heavy (non-hydrogen) atoms. The van der Waals surface area contributed by atoms with Crippen LogP contribution in [0.1, 0.15) is 62.2 Å². The largest absolute Gasteiger partial charge is 0.356 e. The molecule has 0 radical (unpaired) electrons. The molecule has 6 nitrogen and oxygen atoms in total. The molecule has 7 heteroatoms. The molecular formula is C21H33IN6. The van der Waals surface area contributed by atoms with Gasteiger partial charge in [-0.2, -0.15) is 0 Å². The standard InChI is InChI=1S/C21H32N6.HI/c1-16(18-10-6-4-7-11-18)14-22-21(24-19-12-8-5-9-13-19)23-15-20-26-25-17(2)27(20)3;/h4,6-7,10-11,16,19H,5,8-9,12-15H2,1-3H3,(H2,22,23,24);1H. The van der Waals surface area contributed by atoms with E-state index in [1.54, 1.807) is 0 Å². The van der Waals surface area contributed by atoms with Crippen LogP contribution in [0, 0.1) is 6.92 Å². The van der Waals surface area contributed by atoms with Gasteiger partial charge in [0.05, 0.1) is 0 Å². The number of hydrogen-bond donors (Lipinski definition) is 2. The van der Waals surface area contributed by atoms with E-state index in [0.29, 0.717) is 18.5 Å². The summed E-state index contributed by atoms with van der Waals surface area (Å²) in [5.41, 5.74) is 1.34. The minimum absolute atomic E-state index is 0. The van der Waals surface area contributed by atoms with Gasteiger partial charge in [0.15, 0.2) is 11.8 Å². The van der Waals surface area contributed by atoms with Crippen molar-refractivity contribution in [2.45, 2.75) is 64.5 Å². The summed E-state index contributed by atoms with van der Waals surface area (Å²) in [4.78, 5) is 4.80. The van der Waals surface area contributed by atoms with E-state index < -0.39 is 0 Å². The van der Waals surface area contributed by atoms with Crippen molar-refractivity contribution in [1.82, 2.24) is 25.4 Å². The number of aliphatic imine (C=N–C) groups is 1. The Balaban J connectivity index is 0.00000280. The molecule has 0 spiro atoms. The number of guanidine groups is 1. The maximum Gasteiger partial charge on any atom is 0.191 e. The zero-order valence-corrected chi connectivity index (χ0v) is 19.5. The second-order valence-corrected chi connectivity index (χ2v) is 7.56. The quantitative estimate of drug-likeness (QED) is 0.362. The molecule has 1 heterocycles. The first kappa shape index (κ1) is 22.6. The van der Waals surface area contributed by atoms with Gasteiger partial charge in [-0.05, 0) is 31.2 Å². The van der Waals surface area contributed by atoms with Crippen LogP contribution in [0.5, 0.6) is 0 Å². The molecular weight excluding hydrogens is 463 g/mol. The minimum atomic E-state index is 0. The van der Waals surface area contributed by atoms with Crippen LogP contribution < -0.4 is 10.6 Å². The highest BCUT2D eigenvalue weighted by molar-refractivity contribution is 14.0. The number of nitrogens with one attached hydrogen (secondary N) is 2. The highest BCUT2D eigenvalue weighted by atomic mass is 127. The average Bonchev–Trinajstić information content (AvgIpc) is 3.03. The molecule has 0 saturated heterocycles. The van der Waals surface area contributed by atoms with Crippen LogP contribution in [0.4, 0.5) is 0 Å². The second kappa shape index (κ2) is 11.4. The Morgan fingerprint density at radius 3 is 2.54 bits per heavy atom. The zero-order valence-electron chi connectivity index (χ0n) is 17.2. The van der Waals surface area contributed by atoms with Gasteiger partial charge in [-0.1, -0.05) is 56.5 Å². The Hall–Kier alpha value is -1.64. The molecule has 3 rings (SSSR count). The molecule has 1 unspecified atom stereocenters. The summed E-state index contributed by atoms with van der Waals surface area (Å²) in [6.45, 7) is 5.58. The number of halogens is 1. The molecule has 1 aromatic heterocycles. The van der Waals surface area contributed by atoms with Gasteiger partial charge in [0, 0.05) is 19.6 Å². The van der Waals surface area contributed by atoms with E-state index in [1.807, 2.05) is 18.5 Å². The van der Waals surface area contributed by atoms with Gasteiger partial charge in [0.1, 0.15) is 12.4 Å². The lowest BCUT2D eigenvalue weighted by atomic mass is 9.96. The van der Waals surface area contributed by atoms with E-state index >= 15 is 0 Å². The number of rotatable bonds is 6. The van der Waals surface area contributed by atoms with Crippen molar-refractivity contribution < 1.29 is 0 Å². The summed E-state index contributed by atoms with van der Waals surface area (Å²) in [6, 6.07) is 11.1. The van der Waals surface area contributed by atoms with Crippen molar-refractivity contribution in [1.29, 1.82) is 0 Å². The van der Waals surface area contributed by atoms with Crippen LogP contribution in [-0.4, -0.2) is 33.3 Å². The molecule has 1 fully saturated rings. The van der Waals surface area contributed by atoms with Crippen LogP contribution >= 0.6 is 24.0 Å². The summed E-state index contributed by atoms with van der Waals surface area (Å²) in [5.74, 6) is 3.09. The Kier molecular flexibility index (Phi) is 9.21. The first-order chi connectivity index (χ1) is 13.1. The Labute approximate surface area is 185 Å². The summed E-state index contributed by atoms with van der Waals surface area (Å²) in [6.07, 6.45) is 6.39. The third-order valence-corrected chi connectivity index (χ3v) is 5.45. The summed E-state index contributed by atoms with van der Waals surface area (Å²) in [5, 5.41) is 15.5. The van der Waals surface area contributed by atoms with Crippen molar-refractivity contribution in [3.63, 3.8) is 0 Å². The molecule has 1 atom stereocenters. The lowest BCUT2D eigenvalue weighted by Crippen LogP contribution is -2.45. The predicted octanol–water partition coefficient (Wildman–Crippen LogP) is 3.91. The van der Waals surface area contributed by atoms with E-state index in [0.717, 1.165) is 24.2 Å². The minimum Gasteiger partial charge on any atom is -0.356 e. The summed E-state index contributed by atoms with van der Waals surface area (Å²) >= 11 is 0. The van der Waals surface area contributed by atoms with Gasteiger partial charge in [-0.15, -0.1) is 34.2 Å². The molecule has 0 amide bonds. The molecule has 154 valence electrons. The van der Waals surface area contributed by atoms with E-state index in [9.17, 15) is 0 Å². The summed E-state index contributed by atoms with van der Waals surface area (Å²) in [7, 11) is 1.99. The second-order valence-electron chi connectivity index (χ2n) is 7.56. The van der Waals surface area contributed by atoms with Crippen LogP contribution in [0.15, 0.2) is 35.3 Å². The van der Waals surface area contributed by atoms with E-state index in [-0.39, 0.29) is 24.0 Å². The fourth-order valence-electron chi connectivity index (χ4n) is 3.48. The zero-order chi connectivity index (χ0) is 19.1. The van der Waals surface area contributed by atoms with E-state index in [1.165, 1.54) is 37.7 Å². The van der Waals surface area contributed by atoms with E-state index in [2.05, 4.69) is 58.1 Å². The number of nitrogens with zero attached hydrogens (tertiary/aromatic N) is 4. The smallest absolute Gasteiger partial charge is 0.191 e. The third-order valence-electron chi connectivity index (χ3n) is 5.45. The topological polar surface area (TPSA) is 67.1 Å². The SMILES string of the molecule is Cc1nnc(CN=C(NCC(C)c2ccccc2)NC2CCCCC2)n1C.I. The fourth-order valence-corrected chi connectivity index (χ4v) is 3.48. The number of benzene rings is 1. The lowest BCUT2D eigenvalue weighted by Gasteiger charge is -2.26. The van der Waals surface area contributed by atoms with Crippen molar-refractivity contribution >= 4 is 29.9 Å². The Morgan fingerprint density at radius 2 is 1.89 bits per heavy atom. The molecule has 2 aromatic rings. The Morgan fingerprint density at radius 1 is 1.18 bits per heavy atom. The van der Waals surface area contributed by atoms with Crippen LogP contribution in [0.3, 0.4) is 0 Å². The highest BCUT2D eigenvalue weighted by Gasteiger charge is 2.16. The van der Waals surface area contributed by atoms with Gasteiger partial charge in [-0.3, -0.25) is 0 Å². The number of hydrogen-bond acceptors (Lipinski definition) is 3. The monoisotopic (exact) mass is 496 g/mol.